The van der Waals surface area contributed by atoms with Gasteiger partial charge in [0.05, 0.1) is 39.7 Å². The third-order valence-corrected chi connectivity index (χ3v) is 10.2. The van der Waals surface area contributed by atoms with E-state index in [9.17, 15) is 45.5 Å². The fraction of sp³-hybridized carbons (Fsp3) is 0.442. The number of ether oxygens (including phenoxy) is 2. The van der Waals surface area contributed by atoms with Gasteiger partial charge in [0, 0.05) is 50.4 Å². The summed E-state index contributed by atoms with van der Waals surface area (Å²) in [7, 11) is 0. The lowest BCUT2D eigenvalue weighted by atomic mass is 10.1. The van der Waals surface area contributed by atoms with Gasteiger partial charge in [-0.25, -0.2) is 9.59 Å². The zero-order valence-corrected chi connectivity index (χ0v) is 37.0. The summed E-state index contributed by atoms with van der Waals surface area (Å²) in [5.74, 6) is -1.61. The minimum atomic E-state index is -4.89. The molecule has 3 aromatic carbocycles. The summed E-state index contributed by atoms with van der Waals surface area (Å²) in [4.78, 5) is 52.5. The Labute approximate surface area is 387 Å². The maximum atomic E-state index is 14.2. The highest BCUT2D eigenvalue weighted by Crippen LogP contribution is 2.43. The number of nitrogens with two attached hydrogens (primary N) is 1. The average Bonchev–Trinajstić information content (AvgIpc) is 3.97. The predicted octanol–water partition coefficient (Wildman–Crippen LogP) is 6.78. The maximum Gasteiger partial charge on any atom is 0.416 e. The first kappa shape index (κ1) is 52.0. The molecule has 2 heterocycles. The van der Waals surface area contributed by atoms with Crippen molar-refractivity contribution in [2.24, 2.45) is 5.73 Å². The number of urea groups is 2. The number of anilines is 6. The third-order valence-electron chi connectivity index (χ3n) is 10.2. The van der Waals surface area contributed by atoms with E-state index < -0.39 is 65.3 Å². The molecular formula is C43H55F6N13O6. The standard InChI is InChI=1S/C43H55F6N13O6/c1-24(50)55-14-4-2-6-35(63)59-31-18-25(42(44,45)46)20-33(37(31)67-29-12-16-53-22-29)61-40(65)57-27-8-10-28(11-9-27)58-41(66)62-34-21-26(43(47,48)49)19-32(38(34)68-30-13-17-54-23-30)60-36(64)7-3-5-15-56-39(51)52/h8-11,18-21,29-30,53-54H,2-7,12-17,22-23H2,1H3,(H2,50,55)(H,59,63)(H,60,64)(H4,51,52,56)(H2,57,61,65)(H2,58,62,66). The van der Waals surface area contributed by atoms with Crippen molar-refractivity contribution in [1.29, 1.82) is 10.8 Å². The van der Waals surface area contributed by atoms with Crippen LogP contribution in [-0.2, 0) is 21.9 Å². The van der Waals surface area contributed by atoms with Crippen molar-refractivity contribution in [1.82, 2.24) is 21.3 Å². The number of guanidine groups is 1. The Hall–Kier alpha value is -7.02. The molecule has 2 unspecified atom stereocenters. The molecule has 0 spiro atoms. The van der Waals surface area contributed by atoms with Gasteiger partial charge in [-0.2, -0.15) is 26.3 Å². The van der Waals surface area contributed by atoms with Gasteiger partial charge >= 0.3 is 24.4 Å². The first-order valence-electron chi connectivity index (χ1n) is 21.7. The quantitative estimate of drug-likeness (QED) is 0.0243. The Morgan fingerprint density at radius 1 is 0.618 bits per heavy atom. The monoisotopic (exact) mass is 963 g/mol. The summed E-state index contributed by atoms with van der Waals surface area (Å²) in [6, 6.07) is 6.16. The van der Waals surface area contributed by atoms with Crippen LogP contribution in [0.5, 0.6) is 11.5 Å². The summed E-state index contributed by atoms with van der Waals surface area (Å²) in [6.45, 7) is 4.13. The van der Waals surface area contributed by atoms with Crippen LogP contribution in [0.1, 0.15) is 69.4 Å². The number of unbranched alkanes of at least 4 members (excludes halogenated alkanes) is 2. The first-order valence-corrected chi connectivity index (χ1v) is 21.7. The molecular weight excluding hydrogens is 909 g/mol. The van der Waals surface area contributed by atoms with Gasteiger partial charge in [-0.3, -0.25) is 20.4 Å². The van der Waals surface area contributed by atoms with Gasteiger partial charge in [0.2, 0.25) is 11.8 Å². The molecule has 0 aromatic heterocycles. The Bertz CT molecular complexity index is 2110. The minimum Gasteiger partial charge on any atom is -0.485 e. The highest BCUT2D eigenvalue weighted by molar-refractivity contribution is 6.04. The maximum absolute atomic E-state index is 14.2. The molecule has 0 radical (unpaired) electrons. The second-order valence-corrected chi connectivity index (χ2v) is 15.9. The van der Waals surface area contributed by atoms with Crippen molar-refractivity contribution >= 4 is 69.8 Å². The number of hydrogen-bond donors (Lipinski definition) is 13. The fourth-order valence-corrected chi connectivity index (χ4v) is 6.95. The molecule has 25 heteroatoms. The zero-order chi connectivity index (χ0) is 49.4. The van der Waals surface area contributed by atoms with Gasteiger partial charge in [-0.05, 0) is 107 Å². The summed E-state index contributed by atoms with van der Waals surface area (Å²) in [5, 5.41) is 41.0. The molecule has 370 valence electrons. The highest BCUT2D eigenvalue weighted by atomic mass is 19.4. The average molecular weight is 964 g/mol. The lowest BCUT2D eigenvalue weighted by Crippen LogP contribution is -2.31. The van der Waals surface area contributed by atoms with Gasteiger partial charge in [0.1, 0.15) is 12.2 Å². The lowest BCUT2D eigenvalue weighted by Gasteiger charge is -2.22. The Morgan fingerprint density at radius 2 is 1.00 bits per heavy atom. The number of benzene rings is 3. The van der Waals surface area contributed by atoms with Crippen LogP contribution in [0.15, 0.2) is 48.5 Å². The van der Waals surface area contributed by atoms with E-state index in [-0.39, 0.29) is 64.6 Å². The minimum absolute atomic E-state index is 0.0423. The summed E-state index contributed by atoms with van der Waals surface area (Å²) in [5.41, 5.74) is 1.71. The smallest absolute Gasteiger partial charge is 0.416 e. The molecule has 0 aliphatic carbocycles. The largest absolute Gasteiger partial charge is 0.485 e. The number of amidine groups is 1. The van der Waals surface area contributed by atoms with E-state index in [4.69, 9.17) is 26.0 Å². The van der Waals surface area contributed by atoms with Crippen LogP contribution in [0.25, 0.3) is 0 Å². The van der Waals surface area contributed by atoms with E-state index in [1.165, 1.54) is 24.3 Å². The summed E-state index contributed by atoms with van der Waals surface area (Å²) >= 11 is 0. The molecule has 0 bridgehead atoms. The molecule has 2 saturated heterocycles. The van der Waals surface area contributed by atoms with Gasteiger partial charge in [0.15, 0.2) is 17.5 Å². The zero-order valence-electron chi connectivity index (χ0n) is 37.0. The fourth-order valence-electron chi connectivity index (χ4n) is 6.95. The van der Waals surface area contributed by atoms with E-state index in [1.807, 2.05) is 0 Å². The van der Waals surface area contributed by atoms with Crippen molar-refractivity contribution in [3.05, 3.63) is 59.7 Å². The third kappa shape index (κ3) is 16.7. The van der Waals surface area contributed by atoms with E-state index in [0.717, 1.165) is 6.07 Å². The number of rotatable bonds is 20. The number of nitrogens with one attached hydrogen (secondary N) is 12. The van der Waals surface area contributed by atoms with Crippen molar-refractivity contribution in [3.8, 4) is 11.5 Å². The van der Waals surface area contributed by atoms with Gasteiger partial charge < -0.3 is 68.4 Å². The van der Waals surface area contributed by atoms with Crippen LogP contribution in [0.3, 0.4) is 0 Å². The van der Waals surface area contributed by atoms with Gasteiger partial charge in [-0.1, -0.05) is 0 Å². The van der Waals surface area contributed by atoms with Crippen LogP contribution in [-0.4, -0.2) is 87.1 Å². The number of halogens is 6. The molecule has 2 fully saturated rings. The molecule has 68 heavy (non-hydrogen) atoms. The highest BCUT2D eigenvalue weighted by Gasteiger charge is 2.35. The number of hydrogen-bond acceptors (Lipinski definition) is 10. The number of carbonyl (C=O) groups excluding carboxylic acids is 4. The number of alkyl halides is 6. The van der Waals surface area contributed by atoms with Gasteiger partial charge in [0.25, 0.3) is 0 Å². The number of carbonyl (C=O) groups is 4. The molecule has 2 atom stereocenters. The summed E-state index contributed by atoms with van der Waals surface area (Å²) < 4.78 is 97.2. The molecule has 19 nitrogen and oxygen atoms in total. The normalized spacial score (nSPS) is 15.7. The van der Waals surface area contributed by atoms with E-state index in [1.54, 1.807) is 6.92 Å². The Balaban J connectivity index is 1.29. The van der Waals surface area contributed by atoms with Crippen molar-refractivity contribution < 1.29 is 55.0 Å². The molecule has 6 amide bonds. The molecule has 14 N–H and O–H groups in total. The molecule has 0 saturated carbocycles. The van der Waals surface area contributed by atoms with Crippen LogP contribution in [0, 0.1) is 10.8 Å². The second-order valence-electron chi connectivity index (χ2n) is 15.9. The topological polar surface area (TPSA) is 281 Å². The molecule has 2 aliphatic rings. The molecule has 5 rings (SSSR count). The Kier molecular flexibility index (Phi) is 18.4. The Morgan fingerprint density at radius 3 is 1.34 bits per heavy atom. The SMILES string of the molecule is CC(=N)NCCCCC(=O)Nc1cc(C(F)(F)F)cc(NC(=O)Nc2ccc(NC(=O)Nc3cc(C(F)(F)F)cc(NC(=O)CCCCNC(=N)N)c3OC3CCNC3)cc2)c1OC1CCNC1. The van der Waals surface area contributed by atoms with E-state index >= 15 is 0 Å². The van der Waals surface area contributed by atoms with E-state index in [2.05, 4.69) is 53.2 Å². The van der Waals surface area contributed by atoms with Crippen LogP contribution in [0.2, 0.25) is 0 Å². The van der Waals surface area contributed by atoms with Crippen molar-refractivity contribution in [2.75, 3.05) is 71.2 Å². The lowest BCUT2D eigenvalue weighted by molar-refractivity contribution is -0.138. The molecule has 3 aromatic rings. The second kappa shape index (κ2) is 24.1. The van der Waals surface area contributed by atoms with Crippen molar-refractivity contribution in [3.63, 3.8) is 0 Å². The number of amides is 6. The van der Waals surface area contributed by atoms with Crippen LogP contribution in [0.4, 0.5) is 70.1 Å². The van der Waals surface area contributed by atoms with Crippen LogP contribution >= 0.6 is 0 Å². The van der Waals surface area contributed by atoms with Crippen molar-refractivity contribution in [2.45, 2.75) is 82.9 Å². The summed E-state index contributed by atoms with van der Waals surface area (Å²) in [6.07, 6.45) is -8.28. The van der Waals surface area contributed by atoms with Crippen LogP contribution < -0.4 is 68.4 Å². The first-order chi connectivity index (χ1) is 32.2. The molecule has 2 aliphatic heterocycles. The van der Waals surface area contributed by atoms with Gasteiger partial charge in [-0.15, -0.1) is 0 Å². The van der Waals surface area contributed by atoms with E-state index in [0.29, 0.717) is 96.0 Å². The predicted molar refractivity (Wildman–Crippen MR) is 245 cm³/mol.